The van der Waals surface area contributed by atoms with Crippen LogP contribution in [0, 0.1) is 6.92 Å². The van der Waals surface area contributed by atoms with E-state index >= 15 is 0 Å². The Balaban J connectivity index is 2.62. The molecular weight excluding hydrogens is 256 g/mol. The third-order valence-electron chi connectivity index (χ3n) is 2.34. The zero-order chi connectivity index (χ0) is 13.7. The van der Waals surface area contributed by atoms with Crippen molar-refractivity contribution in [2.24, 2.45) is 10.9 Å². The molecule has 5 N–H and O–H groups in total. The van der Waals surface area contributed by atoms with Gasteiger partial charge in [-0.2, -0.15) is 0 Å². The summed E-state index contributed by atoms with van der Waals surface area (Å²) in [5.41, 5.74) is 6.83. The molecule has 1 aromatic rings. The van der Waals surface area contributed by atoms with Crippen LogP contribution in [0.1, 0.15) is 12.5 Å². The monoisotopic (exact) mass is 270 g/mol. The van der Waals surface area contributed by atoms with E-state index in [0.29, 0.717) is 10.7 Å². The predicted molar refractivity (Wildman–Crippen MR) is 71.2 cm³/mol. The summed E-state index contributed by atoms with van der Waals surface area (Å²) in [6.07, 6.45) is 0. The Labute approximate surface area is 110 Å². The molecule has 0 bridgehead atoms. The standard InChI is InChI=1S/C11H15ClN4O2/c1-6-3-4-8(5-9(6)12)15-11(17)14-7(2)10(13)16-18/h3-5,7,18H,1-2H3,(H2,13,16)(H2,14,15,17). The van der Waals surface area contributed by atoms with Gasteiger partial charge in [-0.25, -0.2) is 4.79 Å². The molecule has 0 aromatic heterocycles. The summed E-state index contributed by atoms with van der Waals surface area (Å²) >= 11 is 5.93. The van der Waals surface area contributed by atoms with Crippen LogP contribution in [0.25, 0.3) is 0 Å². The molecule has 7 heteroatoms. The van der Waals surface area contributed by atoms with E-state index in [4.69, 9.17) is 22.5 Å². The fraction of sp³-hybridized carbons (Fsp3) is 0.273. The fourth-order valence-corrected chi connectivity index (χ4v) is 1.38. The molecule has 0 saturated heterocycles. The van der Waals surface area contributed by atoms with Gasteiger partial charge < -0.3 is 21.6 Å². The Bertz CT molecular complexity index is 476. The van der Waals surface area contributed by atoms with Crippen molar-refractivity contribution >= 4 is 29.2 Å². The molecular formula is C11H15ClN4O2. The summed E-state index contributed by atoms with van der Waals surface area (Å²) in [4.78, 5) is 11.6. The average molecular weight is 271 g/mol. The number of urea groups is 1. The number of nitrogens with one attached hydrogen (secondary N) is 2. The maximum atomic E-state index is 11.6. The zero-order valence-electron chi connectivity index (χ0n) is 10.1. The number of nitrogens with two attached hydrogens (primary N) is 1. The van der Waals surface area contributed by atoms with Gasteiger partial charge in [0.1, 0.15) is 0 Å². The van der Waals surface area contributed by atoms with Gasteiger partial charge in [0, 0.05) is 10.7 Å². The molecule has 0 aliphatic carbocycles. The second-order valence-electron chi connectivity index (χ2n) is 3.81. The number of hydrogen-bond acceptors (Lipinski definition) is 3. The van der Waals surface area contributed by atoms with E-state index in [1.54, 1.807) is 25.1 Å². The second kappa shape index (κ2) is 6.11. The number of carbonyl (C=O) groups excluding carboxylic acids is 1. The van der Waals surface area contributed by atoms with Crippen LogP contribution in [0.5, 0.6) is 0 Å². The van der Waals surface area contributed by atoms with Crippen LogP contribution in [-0.4, -0.2) is 23.1 Å². The van der Waals surface area contributed by atoms with Crippen molar-refractivity contribution in [2.75, 3.05) is 5.32 Å². The van der Waals surface area contributed by atoms with Crippen LogP contribution >= 0.6 is 11.6 Å². The van der Waals surface area contributed by atoms with Gasteiger partial charge in [0.2, 0.25) is 0 Å². The van der Waals surface area contributed by atoms with Gasteiger partial charge in [0.15, 0.2) is 5.84 Å². The Morgan fingerprint density at radius 3 is 2.78 bits per heavy atom. The largest absolute Gasteiger partial charge is 0.409 e. The van der Waals surface area contributed by atoms with E-state index in [1.807, 2.05) is 6.92 Å². The Kier molecular flexibility index (Phi) is 4.79. The minimum atomic E-state index is -0.573. The van der Waals surface area contributed by atoms with Gasteiger partial charge in [0.25, 0.3) is 0 Å². The number of carbonyl (C=O) groups is 1. The van der Waals surface area contributed by atoms with Crippen molar-refractivity contribution in [2.45, 2.75) is 19.9 Å². The first-order chi connectivity index (χ1) is 8.43. The highest BCUT2D eigenvalue weighted by Crippen LogP contribution is 2.19. The summed E-state index contributed by atoms with van der Waals surface area (Å²) in [5.74, 6) is -0.0768. The molecule has 98 valence electrons. The SMILES string of the molecule is Cc1ccc(NC(=O)NC(C)/C(N)=N/O)cc1Cl. The Morgan fingerprint density at radius 1 is 1.56 bits per heavy atom. The van der Waals surface area contributed by atoms with Crippen LogP contribution in [0.3, 0.4) is 0 Å². The lowest BCUT2D eigenvalue weighted by atomic mass is 10.2. The van der Waals surface area contributed by atoms with E-state index in [2.05, 4.69) is 15.8 Å². The number of amides is 2. The summed E-state index contributed by atoms with van der Waals surface area (Å²) in [6, 6.07) is 4.13. The molecule has 0 spiro atoms. The van der Waals surface area contributed by atoms with Gasteiger partial charge in [-0.15, -0.1) is 0 Å². The van der Waals surface area contributed by atoms with E-state index in [1.165, 1.54) is 0 Å². The van der Waals surface area contributed by atoms with Crippen molar-refractivity contribution in [3.8, 4) is 0 Å². The fourth-order valence-electron chi connectivity index (χ4n) is 1.19. The topological polar surface area (TPSA) is 99.7 Å². The normalized spacial score (nSPS) is 12.9. The van der Waals surface area contributed by atoms with Crippen LogP contribution in [0.4, 0.5) is 10.5 Å². The van der Waals surface area contributed by atoms with Crippen LogP contribution in [-0.2, 0) is 0 Å². The molecule has 6 nitrogen and oxygen atoms in total. The second-order valence-corrected chi connectivity index (χ2v) is 4.22. The van der Waals surface area contributed by atoms with Crippen molar-refractivity contribution in [3.05, 3.63) is 28.8 Å². The number of oxime groups is 1. The molecule has 1 unspecified atom stereocenters. The number of benzene rings is 1. The highest BCUT2D eigenvalue weighted by atomic mass is 35.5. The van der Waals surface area contributed by atoms with Gasteiger partial charge >= 0.3 is 6.03 Å². The van der Waals surface area contributed by atoms with Crippen molar-refractivity contribution < 1.29 is 10.0 Å². The maximum Gasteiger partial charge on any atom is 0.319 e. The summed E-state index contributed by atoms with van der Waals surface area (Å²) in [6.45, 7) is 3.46. The number of amidine groups is 1. The number of nitrogens with zero attached hydrogens (tertiary/aromatic N) is 1. The lowest BCUT2D eigenvalue weighted by Crippen LogP contribution is -2.44. The molecule has 1 atom stereocenters. The van der Waals surface area contributed by atoms with Gasteiger partial charge in [-0.1, -0.05) is 22.8 Å². The number of hydrogen-bond donors (Lipinski definition) is 4. The molecule has 0 radical (unpaired) electrons. The van der Waals surface area contributed by atoms with Crippen LogP contribution in [0.15, 0.2) is 23.4 Å². The van der Waals surface area contributed by atoms with E-state index < -0.39 is 12.1 Å². The van der Waals surface area contributed by atoms with E-state index in [0.717, 1.165) is 5.56 Å². The first-order valence-electron chi connectivity index (χ1n) is 5.25. The van der Waals surface area contributed by atoms with E-state index in [9.17, 15) is 4.79 Å². The molecule has 0 aliphatic rings. The number of anilines is 1. The quantitative estimate of drug-likeness (QED) is 0.292. The zero-order valence-corrected chi connectivity index (χ0v) is 10.8. The molecule has 0 saturated carbocycles. The lowest BCUT2D eigenvalue weighted by Gasteiger charge is -2.13. The minimum Gasteiger partial charge on any atom is -0.409 e. The summed E-state index contributed by atoms with van der Waals surface area (Å²) in [5, 5.41) is 16.9. The molecule has 0 fully saturated rings. The number of rotatable bonds is 3. The molecule has 2 amide bonds. The first kappa shape index (κ1) is 14.1. The average Bonchev–Trinajstić information content (AvgIpc) is 2.32. The van der Waals surface area contributed by atoms with Gasteiger partial charge in [-0.3, -0.25) is 0 Å². The number of aryl methyl sites for hydroxylation is 1. The van der Waals surface area contributed by atoms with Crippen molar-refractivity contribution in [1.29, 1.82) is 0 Å². The van der Waals surface area contributed by atoms with E-state index in [-0.39, 0.29) is 5.84 Å². The smallest absolute Gasteiger partial charge is 0.319 e. The molecule has 0 heterocycles. The molecule has 0 aliphatic heterocycles. The highest BCUT2D eigenvalue weighted by molar-refractivity contribution is 6.31. The third kappa shape index (κ3) is 3.81. The van der Waals surface area contributed by atoms with Crippen molar-refractivity contribution in [3.63, 3.8) is 0 Å². The minimum absolute atomic E-state index is 0.0768. The highest BCUT2D eigenvalue weighted by Gasteiger charge is 2.11. The van der Waals surface area contributed by atoms with Gasteiger partial charge in [-0.05, 0) is 31.5 Å². The summed E-state index contributed by atoms with van der Waals surface area (Å²) < 4.78 is 0. The predicted octanol–water partition coefficient (Wildman–Crippen LogP) is 1.90. The number of halogens is 1. The lowest BCUT2D eigenvalue weighted by molar-refractivity contribution is 0.251. The molecule has 1 aromatic carbocycles. The Hall–Kier alpha value is -1.95. The first-order valence-corrected chi connectivity index (χ1v) is 5.63. The third-order valence-corrected chi connectivity index (χ3v) is 2.74. The van der Waals surface area contributed by atoms with Crippen LogP contribution in [0.2, 0.25) is 5.02 Å². The van der Waals surface area contributed by atoms with Gasteiger partial charge in [0.05, 0.1) is 6.04 Å². The molecule has 18 heavy (non-hydrogen) atoms. The Morgan fingerprint density at radius 2 is 2.22 bits per heavy atom. The summed E-state index contributed by atoms with van der Waals surface area (Å²) in [7, 11) is 0. The molecule has 1 rings (SSSR count). The maximum absolute atomic E-state index is 11.6. The van der Waals surface area contributed by atoms with Crippen LogP contribution < -0.4 is 16.4 Å². The van der Waals surface area contributed by atoms with Crippen molar-refractivity contribution in [1.82, 2.24) is 5.32 Å².